The molecule has 1 unspecified atom stereocenters. The quantitative estimate of drug-likeness (QED) is 0.848. The summed E-state index contributed by atoms with van der Waals surface area (Å²) < 4.78 is 0.908. The topological polar surface area (TPSA) is 66.9 Å². The van der Waals surface area contributed by atoms with Crippen LogP contribution in [-0.4, -0.2) is 21.9 Å². The molecule has 2 aromatic rings. The van der Waals surface area contributed by atoms with Crippen LogP contribution in [0.25, 0.3) is 0 Å². The molecule has 1 aromatic heterocycles. The van der Waals surface area contributed by atoms with Gasteiger partial charge in [-0.15, -0.1) is 0 Å². The third kappa shape index (κ3) is 4.27. The molecule has 0 fully saturated rings. The first-order valence-electron chi connectivity index (χ1n) is 7.17. The highest BCUT2D eigenvalue weighted by Crippen LogP contribution is 2.23. The molecule has 0 aliphatic carbocycles. The molecule has 0 aliphatic heterocycles. The van der Waals surface area contributed by atoms with Gasteiger partial charge in [0.2, 0.25) is 5.95 Å². The number of nitrogens with zero attached hydrogens (tertiary/aromatic N) is 2. The lowest BCUT2D eigenvalue weighted by molar-refractivity contribution is 0.0934. The van der Waals surface area contributed by atoms with E-state index < -0.39 is 0 Å². The number of halogens is 1. The lowest BCUT2D eigenvalue weighted by Crippen LogP contribution is -2.32. The number of para-hydroxylation sites is 1. The van der Waals surface area contributed by atoms with Crippen LogP contribution in [-0.2, 0) is 0 Å². The second-order valence-electron chi connectivity index (χ2n) is 5.11. The molecule has 0 saturated carbocycles. The molecule has 1 amide bonds. The molecular weight excluding hydrogens is 344 g/mol. The van der Waals surface area contributed by atoms with Crippen LogP contribution in [0.5, 0.6) is 0 Å². The van der Waals surface area contributed by atoms with Gasteiger partial charge in [0.05, 0.1) is 5.69 Å². The van der Waals surface area contributed by atoms with E-state index in [2.05, 4.69) is 36.5 Å². The Hall–Kier alpha value is -1.95. The third-order valence-corrected chi connectivity index (χ3v) is 3.89. The van der Waals surface area contributed by atoms with E-state index in [-0.39, 0.29) is 11.9 Å². The van der Waals surface area contributed by atoms with Crippen molar-refractivity contribution in [1.82, 2.24) is 15.3 Å². The molecule has 22 heavy (non-hydrogen) atoms. The number of rotatable bonds is 5. The number of nitrogens with one attached hydrogen (secondary N) is 2. The van der Waals surface area contributed by atoms with Crippen molar-refractivity contribution in [2.24, 2.45) is 0 Å². The molecule has 0 saturated heterocycles. The molecule has 5 nitrogen and oxygen atoms in total. The average molecular weight is 363 g/mol. The zero-order valence-corrected chi connectivity index (χ0v) is 14.4. The van der Waals surface area contributed by atoms with Crippen LogP contribution in [0.1, 0.15) is 36.5 Å². The normalized spacial score (nSPS) is 11.8. The Morgan fingerprint density at radius 2 is 2.05 bits per heavy atom. The van der Waals surface area contributed by atoms with Crippen molar-refractivity contribution in [3.63, 3.8) is 0 Å². The molecule has 1 aromatic carbocycles. The summed E-state index contributed by atoms with van der Waals surface area (Å²) in [5.41, 5.74) is 1.95. The van der Waals surface area contributed by atoms with Crippen LogP contribution in [0.4, 0.5) is 11.6 Å². The standard InChI is InChI=1S/C16H19BrN4O/c1-4-10(2)18-15(22)14-9-11(3)19-16(21-14)20-13-8-6-5-7-12(13)17/h5-10H,4H2,1-3H3,(H,18,22)(H,19,20,21). The summed E-state index contributed by atoms with van der Waals surface area (Å²) in [6.07, 6.45) is 0.873. The summed E-state index contributed by atoms with van der Waals surface area (Å²) in [6.45, 7) is 5.83. The molecule has 2 rings (SSSR count). The highest BCUT2D eigenvalue weighted by molar-refractivity contribution is 9.10. The highest BCUT2D eigenvalue weighted by atomic mass is 79.9. The predicted octanol–water partition coefficient (Wildman–Crippen LogP) is 3.82. The molecule has 1 atom stereocenters. The van der Waals surface area contributed by atoms with Crippen LogP contribution in [0.3, 0.4) is 0 Å². The maximum atomic E-state index is 12.2. The smallest absolute Gasteiger partial charge is 0.270 e. The Balaban J connectivity index is 2.23. The predicted molar refractivity (Wildman–Crippen MR) is 91.4 cm³/mol. The van der Waals surface area contributed by atoms with E-state index in [1.807, 2.05) is 45.0 Å². The Labute approximate surface area is 138 Å². The highest BCUT2D eigenvalue weighted by Gasteiger charge is 2.13. The van der Waals surface area contributed by atoms with Gasteiger partial charge in [-0.1, -0.05) is 19.1 Å². The molecule has 0 spiro atoms. The minimum atomic E-state index is -0.185. The number of aryl methyl sites for hydroxylation is 1. The van der Waals surface area contributed by atoms with Gasteiger partial charge >= 0.3 is 0 Å². The number of hydrogen-bond donors (Lipinski definition) is 2. The van der Waals surface area contributed by atoms with Gasteiger partial charge in [0.25, 0.3) is 5.91 Å². The molecule has 2 N–H and O–H groups in total. The Bertz CT molecular complexity index is 675. The first-order valence-corrected chi connectivity index (χ1v) is 7.97. The van der Waals surface area contributed by atoms with Crippen molar-refractivity contribution >= 4 is 33.5 Å². The van der Waals surface area contributed by atoms with Gasteiger partial charge in [-0.2, -0.15) is 0 Å². The van der Waals surface area contributed by atoms with Gasteiger partial charge < -0.3 is 10.6 Å². The minimum Gasteiger partial charge on any atom is -0.348 e. The molecule has 0 bridgehead atoms. The van der Waals surface area contributed by atoms with Crippen LogP contribution in [0.2, 0.25) is 0 Å². The van der Waals surface area contributed by atoms with Gasteiger partial charge in [-0.05, 0) is 54.4 Å². The SMILES string of the molecule is CCC(C)NC(=O)c1cc(C)nc(Nc2ccccc2Br)n1. The summed E-state index contributed by atoms with van der Waals surface area (Å²) in [5.74, 6) is 0.219. The monoisotopic (exact) mass is 362 g/mol. The fraction of sp³-hybridized carbons (Fsp3) is 0.312. The van der Waals surface area contributed by atoms with Crippen LogP contribution in [0.15, 0.2) is 34.8 Å². The summed E-state index contributed by atoms with van der Waals surface area (Å²) in [6, 6.07) is 9.48. The molecule has 0 aliphatic rings. The second-order valence-corrected chi connectivity index (χ2v) is 5.96. The van der Waals surface area contributed by atoms with E-state index in [4.69, 9.17) is 0 Å². The maximum Gasteiger partial charge on any atom is 0.270 e. The van der Waals surface area contributed by atoms with Crippen molar-refractivity contribution in [1.29, 1.82) is 0 Å². The number of carbonyl (C=O) groups excluding carboxylic acids is 1. The van der Waals surface area contributed by atoms with Crippen molar-refractivity contribution in [2.75, 3.05) is 5.32 Å². The average Bonchev–Trinajstić information content (AvgIpc) is 2.49. The number of hydrogen-bond acceptors (Lipinski definition) is 4. The summed E-state index contributed by atoms with van der Waals surface area (Å²) >= 11 is 3.46. The Morgan fingerprint density at radius 3 is 2.73 bits per heavy atom. The van der Waals surface area contributed by atoms with Crippen LogP contribution >= 0.6 is 15.9 Å². The van der Waals surface area contributed by atoms with Crippen LogP contribution < -0.4 is 10.6 Å². The minimum absolute atomic E-state index is 0.113. The number of amides is 1. The Morgan fingerprint density at radius 1 is 1.32 bits per heavy atom. The lowest BCUT2D eigenvalue weighted by atomic mass is 10.2. The van der Waals surface area contributed by atoms with E-state index in [0.717, 1.165) is 22.3 Å². The zero-order chi connectivity index (χ0) is 16.1. The zero-order valence-electron chi connectivity index (χ0n) is 12.9. The molecule has 0 radical (unpaired) electrons. The fourth-order valence-corrected chi connectivity index (χ4v) is 2.21. The van der Waals surface area contributed by atoms with E-state index in [1.165, 1.54) is 0 Å². The maximum absolute atomic E-state index is 12.2. The summed E-state index contributed by atoms with van der Waals surface area (Å²) in [7, 11) is 0. The second kappa shape index (κ2) is 7.35. The number of aromatic nitrogens is 2. The number of carbonyl (C=O) groups is 1. The third-order valence-electron chi connectivity index (χ3n) is 3.20. The summed E-state index contributed by atoms with van der Waals surface area (Å²) in [4.78, 5) is 20.8. The van der Waals surface area contributed by atoms with Crippen molar-refractivity contribution in [3.8, 4) is 0 Å². The van der Waals surface area contributed by atoms with Crippen LogP contribution in [0, 0.1) is 6.92 Å². The molecule has 1 heterocycles. The summed E-state index contributed by atoms with van der Waals surface area (Å²) in [5, 5.41) is 6.04. The van der Waals surface area contributed by atoms with Crippen molar-refractivity contribution in [2.45, 2.75) is 33.2 Å². The first-order chi connectivity index (χ1) is 10.5. The Kier molecular flexibility index (Phi) is 5.49. The van der Waals surface area contributed by atoms with E-state index >= 15 is 0 Å². The van der Waals surface area contributed by atoms with Crippen molar-refractivity contribution < 1.29 is 4.79 Å². The van der Waals surface area contributed by atoms with Gasteiger partial charge in [0.1, 0.15) is 5.69 Å². The molecule has 6 heteroatoms. The lowest BCUT2D eigenvalue weighted by Gasteiger charge is -2.12. The van der Waals surface area contributed by atoms with E-state index in [9.17, 15) is 4.79 Å². The largest absolute Gasteiger partial charge is 0.348 e. The number of anilines is 2. The van der Waals surface area contributed by atoms with Crippen molar-refractivity contribution in [3.05, 3.63) is 46.2 Å². The van der Waals surface area contributed by atoms with Gasteiger partial charge in [0.15, 0.2) is 0 Å². The van der Waals surface area contributed by atoms with E-state index in [1.54, 1.807) is 6.07 Å². The van der Waals surface area contributed by atoms with Gasteiger partial charge in [-0.3, -0.25) is 4.79 Å². The molecular formula is C16H19BrN4O. The van der Waals surface area contributed by atoms with Gasteiger partial charge in [0, 0.05) is 16.2 Å². The molecule has 116 valence electrons. The fourth-order valence-electron chi connectivity index (χ4n) is 1.82. The number of benzene rings is 1. The van der Waals surface area contributed by atoms with Gasteiger partial charge in [-0.25, -0.2) is 9.97 Å². The van der Waals surface area contributed by atoms with E-state index in [0.29, 0.717) is 11.6 Å². The first kappa shape index (κ1) is 16.4.